The highest BCUT2D eigenvalue weighted by atomic mass is 16.5. The van der Waals surface area contributed by atoms with Gasteiger partial charge in [0.2, 0.25) is 0 Å². The van der Waals surface area contributed by atoms with E-state index in [4.69, 9.17) is 4.74 Å². The summed E-state index contributed by atoms with van der Waals surface area (Å²) in [4.78, 5) is 28.7. The lowest BCUT2D eigenvalue weighted by molar-refractivity contribution is -0.142. The molecule has 0 bridgehead atoms. The van der Waals surface area contributed by atoms with Gasteiger partial charge in [-0.3, -0.25) is 4.79 Å². The lowest BCUT2D eigenvalue weighted by Crippen LogP contribution is -2.36. The zero-order valence-corrected chi connectivity index (χ0v) is 19.4. The molecule has 4 aromatic rings. The van der Waals surface area contributed by atoms with Crippen molar-refractivity contribution in [3.8, 4) is 5.75 Å². The van der Waals surface area contributed by atoms with Crippen molar-refractivity contribution in [2.75, 3.05) is 24.6 Å². The van der Waals surface area contributed by atoms with Crippen LogP contribution in [0.2, 0.25) is 0 Å². The predicted octanol–water partition coefficient (Wildman–Crippen LogP) is 5.33. The van der Waals surface area contributed by atoms with Gasteiger partial charge in [-0.1, -0.05) is 48.5 Å². The summed E-state index contributed by atoms with van der Waals surface area (Å²) in [5.74, 6) is -1.22. The van der Waals surface area contributed by atoms with Crippen LogP contribution in [0.4, 0.5) is 5.69 Å². The van der Waals surface area contributed by atoms with E-state index >= 15 is 0 Å². The third kappa shape index (κ3) is 4.54. The number of benzene rings is 3. The van der Waals surface area contributed by atoms with Crippen molar-refractivity contribution in [3.05, 3.63) is 71.9 Å². The lowest BCUT2D eigenvalue weighted by atomic mass is 9.96. The predicted molar refractivity (Wildman–Crippen MR) is 136 cm³/mol. The third-order valence-electron chi connectivity index (χ3n) is 6.90. The van der Waals surface area contributed by atoms with Crippen LogP contribution in [0, 0.1) is 5.92 Å². The number of aromatic amines is 1. The van der Waals surface area contributed by atoms with Crippen LogP contribution in [0.5, 0.6) is 5.75 Å². The Labute approximate surface area is 202 Å². The van der Waals surface area contributed by atoms with Crippen LogP contribution in [0.15, 0.2) is 60.7 Å². The molecule has 3 aromatic carbocycles. The minimum Gasteiger partial charge on any atom is -0.493 e. The summed E-state index contributed by atoms with van der Waals surface area (Å²) in [5, 5.41) is 22.2. The maximum Gasteiger partial charge on any atom is 0.352 e. The van der Waals surface area contributed by atoms with E-state index in [2.05, 4.69) is 22.0 Å². The first-order chi connectivity index (χ1) is 17.0. The second-order valence-electron chi connectivity index (χ2n) is 9.01. The third-order valence-corrected chi connectivity index (χ3v) is 6.90. The first-order valence-corrected chi connectivity index (χ1v) is 12.0. The molecule has 1 aliphatic heterocycles. The molecule has 7 nitrogen and oxygen atoms in total. The Morgan fingerprint density at radius 2 is 1.66 bits per heavy atom. The molecule has 1 fully saturated rings. The molecule has 0 atom stereocenters. The molecule has 0 radical (unpaired) electrons. The fourth-order valence-corrected chi connectivity index (χ4v) is 5.08. The highest BCUT2D eigenvalue weighted by Gasteiger charge is 2.27. The van der Waals surface area contributed by atoms with Crippen molar-refractivity contribution < 1.29 is 24.5 Å². The number of carbonyl (C=O) groups is 2. The van der Waals surface area contributed by atoms with E-state index in [9.17, 15) is 19.8 Å². The molecule has 5 rings (SSSR count). The average Bonchev–Trinajstić information content (AvgIpc) is 3.26. The van der Waals surface area contributed by atoms with Gasteiger partial charge in [0.05, 0.1) is 23.7 Å². The number of hydrogen-bond acceptors (Lipinski definition) is 4. The average molecular weight is 473 g/mol. The number of aliphatic carboxylic acids is 1. The number of aromatic carboxylic acids is 1. The van der Waals surface area contributed by atoms with Crippen LogP contribution >= 0.6 is 0 Å². The molecule has 180 valence electrons. The molecule has 7 heteroatoms. The fraction of sp³-hybridized carbons (Fsp3) is 0.286. The fourth-order valence-electron chi connectivity index (χ4n) is 5.08. The van der Waals surface area contributed by atoms with Gasteiger partial charge >= 0.3 is 11.9 Å². The molecule has 1 saturated heterocycles. The normalized spacial score (nSPS) is 14.5. The van der Waals surface area contributed by atoms with E-state index in [1.165, 1.54) is 0 Å². The summed E-state index contributed by atoms with van der Waals surface area (Å²) >= 11 is 0. The molecule has 2 heterocycles. The number of carboxylic acids is 2. The van der Waals surface area contributed by atoms with E-state index in [0.29, 0.717) is 45.4 Å². The zero-order valence-electron chi connectivity index (χ0n) is 19.4. The number of aryl methyl sites for hydroxylation is 1. The highest BCUT2D eigenvalue weighted by molar-refractivity contribution is 6.02. The number of carboxylic acid groups (broad SMARTS) is 2. The molecule has 0 saturated carbocycles. The molecular weight excluding hydrogens is 444 g/mol. The van der Waals surface area contributed by atoms with Crippen LogP contribution in [0.3, 0.4) is 0 Å². The number of rotatable bonds is 8. The summed E-state index contributed by atoms with van der Waals surface area (Å²) in [6, 6.07) is 19.9. The number of nitrogens with one attached hydrogen (secondary N) is 1. The first-order valence-electron chi connectivity index (χ1n) is 12.0. The van der Waals surface area contributed by atoms with Gasteiger partial charge in [-0.25, -0.2) is 4.79 Å². The molecule has 1 aliphatic rings. The van der Waals surface area contributed by atoms with Crippen LogP contribution in [-0.4, -0.2) is 46.8 Å². The quantitative estimate of drug-likeness (QED) is 0.300. The van der Waals surface area contributed by atoms with E-state index in [-0.39, 0.29) is 11.6 Å². The molecule has 1 aromatic heterocycles. The van der Waals surface area contributed by atoms with Crippen LogP contribution in [-0.2, 0) is 11.2 Å². The van der Waals surface area contributed by atoms with Gasteiger partial charge in [-0.2, -0.15) is 0 Å². The number of H-pyrrole nitrogens is 1. The minimum absolute atomic E-state index is 0.207. The molecule has 0 amide bonds. The van der Waals surface area contributed by atoms with Crippen molar-refractivity contribution in [1.29, 1.82) is 0 Å². The van der Waals surface area contributed by atoms with E-state index in [0.717, 1.165) is 38.7 Å². The Morgan fingerprint density at radius 1 is 0.943 bits per heavy atom. The van der Waals surface area contributed by atoms with Crippen LogP contribution in [0.25, 0.3) is 21.7 Å². The lowest BCUT2D eigenvalue weighted by Gasteiger charge is -2.32. The molecular formula is C28H28N2O5. The number of aromatic nitrogens is 1. The van der Waals surface area contributed by atoms with E-state index in [1.807, 2.05) is 48.5 Å². The van der Waals surface area contributed by atoms with E-state index in [1.54, 1.807) is 0 Å². The van der Waals surface area contributed by atoms with E-state index < -0.39 is 11.9 Å². The minimum atomic E-state index is -0.985. The van der Waals surface area contributed by atoms with Crippen LogP contribution < -0.4 is 9.64 Å². The summed E-state index contributed by atoms with van der Waals surface area (Å²) in [5.41, 5.74) is 2.70. The number of hydrogen-bond donors (Lipinski definition) is 3. The molecule has 0 unspecified atom stereocenters. The van der Waals surface area contributed by atoms with Crippen molar-refractivity contribution in [2.24, 2.45) is 5.92 Å². The van der Waals surface area contributed by atoms with Crippen LogP contribution in [0.1, 0.15) is 35.3 Å². The molecule has 0 aliphatic carbocycles. The standard InChI is InChI=1S/C28H28N2O5/c31-27(32)19-13-15-30(16-14-19)23-11-4-9-21-22(26(28(33)34)29-25(21)23)10-5-17-35-24-12-3-7-18-6-1-2-8-20(18)24/h1-4,6-9,11-12,19,29H,5,10,13-17H2,(H,31,32)(H,33,34). The number of fused-ring (bicyclic) bond motifs is 2. The summed E-state index contributed by atoms with van der Waals surface area (Å²) in [6.45, 7) is 1.74. The Hall–Kier alpha value is -4.00. The van der Waals surface area contributed by atoms with Gasteiger partial charge in [0.25, 0.3) is 0 Å². The number of piperidine rings is 1. The van der Waals surface area contributed by atoms with Gasteiger partial charge in [0.1, 0.15) is 11.4 Å². The van der Waals surface area contributed by atoms with Gasteiger partial charge in [0, 0.05) is 23.9 Å². The number of para-hydroxylation sites is 1. The van der Waals surface area contributed by atoms with Gasteiger partial charge in [0.15, 0.2) is 0 Å². The summed E-state index contributed by atoms with van der Waals surface area (Å²) in [6.07, 6.45) is 2.40. The van der Waals surface area contributed by atoms with Gasteiger partial charge in [-0.15, -0.1) is 0 Å². The van der Waals surface area contributed by atoms with Crippen molar-refractivity contribution in [3.63, 3.8) is 0 Å². The summed E-state index contributed by atoms with van der Waals surface area (Å²) in [7, 11) is 0. The Bertz CT molecular complexity index is 1380. The topological polar surface area (TPSA) is 103 Å². The maximum atomic E-state index is 12.1. The first kappa shape index (κ1) is 22.8. The van der Waals surface area contributed by atoms with Gasteiger partial charge in [-0.05, 0) is 48.8 Å². The Balaban J connectivity index is 1.34. The van der Waals surface area contributed by atoms with Crippen molar-refractivity contribution in [2.45, 2.75) is 25.7 Å². The number of nitrogens with zero attached hydrogens (tertiary/aromatic N) is 1. The van der Waals surface area contributed by atoms with Gasteiger partial charge < -0.3 is 24.8 Å². The van der Waals surface area contributed by atoms with Crippen molar-refractivity contribution >= 4 is 39.3 Å². The second kappa shape index (κ2) is 9.70. The number of anilines is 1. The number of ether oxygens (including phenoxy) is 1. The summed E-state index contributed by atoms with van der Waals surface area (Å²) < 4.78 is 6.06. The monoisotopic (exact) mass is 472 g/mol. The second-order valence-corrected chi connectivity index (χ2v) is 9.01. The molecule has 3 N–H and O–H groups in total. The molecule has 0 spiro atoms. The highest BCUT2D eigenvalue weighted by Crippen LogP contribution is 2.34. The zero-order chi connectivity index (χ0) is 24.4. The SMILES string of the molecule is O=C(O)c1[nH]c2c(N3CCC(C(=O)O)CC3)cccc2c1CCCOc1cccc2ccccc12. The maximum absolute atomic E-state index is 12.1. The Kier molecular flexibility index (Phi) is 6.31. The smallest absolute Gasteiger partial charge is 0.352 e. The van der Waals surface area contributed by atoms with Crippen molar-refractivity contribution in [1.82, 2.24) is 4.98 Å². The largest absolute Gasteiger partial charge is 0.493 e. The Morgan fingerprint density at radius 3 is 2.43 bits per heavy atom. The molecule has 35 heavy (non-hydrogen) atoms.